The predicted molar refractivity (Wildman–Crippen MR) is 81.6 cm³/mol. The second-order valence-corrected chi connectivity index (χ2v) is 6.51. The molecular formula is C14H9N3O2S2. The van der Waals surface area contributed by atoms with Crippen LogP contribution >= 0.6 is 23.1 Å². The van der Waals surface area contributed by atoms with Crippen LogP contribution in [0.5, 0.6) is 0 Å². The summed E-state index contributed by atoms with van der Waals surface area (Å²) in [6.07, 6.45) is 1.44. The maximum absolute atomic E-state index is 12.0. The van der Waals surface area contributed by atoms with Crippen molar-refractivity contribution in [1.29, 1.82) is 0 Å². The molecule has 1 amide bonds. The van der Waals surface area contributed by atoms with E-state index in [0.29, 0.717) is 5.13 Å². The van der Waals surface area contributed by atoms with Crippen LogP contribution in [0.1, 0.15) is 15.4 Å². The van der Waals surface area contributed by atoms with Gasteiger partial charge < -0.3 is 4.52 Å². The number of hydrogen-bond donors (Lipinski definition) is 1. The molecule has 3 aromatic rings. The van der Waals surface area contributed by atoms with Gasteiger partial charge in [0.1, 0.15) is 0 Å². The number of fused-ring (bicyclic) bond motifs is 3. The van der Waals surface area contributed by atoms with E-state index in [1.165, 1.54) is 33.4 Å². The van der Waals surface area contributed by atoms with Crippen LogP contribution in [0.2, 0.25) is 0 Å². The highest BCUT2D eigenvalue weighted by Crippen LogP contribution is 2.44. The molecule has 0 saturated carbocycles. The van der Waals surface area contributed by atoms with Crippen molar-refractivity contribution < 1.29 is 9.32 Å². The topological polar surface area (TPSA) is 68.0 Å². The van der Waals surface area contributed by atoms with E-state index >= 15 is 0 Å². The zero-order valence-corrected chi connectivity index (χ0v) is 12.3. The fourth-order valence-electron chi connectivity index (χ4n) is 2.14. The number of thioether (sulfide) groups is 1. The Morgan fingerprint density at radius 2 is 2.19 bits per heavy atom. The molecule has 0 saturated heterocycles. The molecule has 21 heavy (non-hydrogen) atoms. The van der Waals surface area contributed by atoms with E-state index in [-0.39, 0.29) is 11.7 Å². The second-order valence-electron chi connectivity index (χ2n) is 4.41. The summed E-state index contributed by atoms with van der Waals surface area (Å²) in [5.74, 6) is 0.722. The van der Waals surface area contributed by atoms with Crippen molar-refractivity contribution >= 4 is 34.1 Å². The van der Waals surface area contributed by atoms with E-state index in [0.717, 1.165) is 17.0 Å². The third-order valence-electron chi connectivity index (χ3n) is 3.08. The maximum atomic E-state index is 12.0. The smallest absolute Gasteiger partial charge is 0.296 e. The van der Waals surface area contributed by atoms with E-state index in [1.54, 1.807) is 11.8 Å². The Hall–Kier alpha value is -2.12. The molecule has 7 heteroatoms. The van der Waals surface area contributed by atoms with Crippen molar-refractivity contribution in [3.8, 4) is 11.3 Å². The minimum atomic E-state index is -0.334. The summed E-state index contributed by atoms with van der Waals surface area (Å²) >= 11 is 3.29. The molecule has 4 rings (SSSR count). The average molecular weight is 315 g/mol. The van der Waals surface area contributed by atoms with Gasteiger partial charge in [0, 0.05) is 27.2 Å². The largest absolute Gasteiger partial charge is 0.351 e. The first-order valence-corrected chi connectivity index (χ1v) is 8.05. The highest BCUT2D eigenvalue weighted by atomic mass is 32.2. The fraction of sp³-hybridized carbons (Fsp3) is 0.0714. The summed E-state index contributed by atoms with van der Waals surface area (Å²) in [6, 6.07) is 9.70. The monoisotopic (exact) mass is 315 g/mol. The Bertz CT molecular complexity index is 812. The number of carbonyl (C=O) groups excluding carboxylic acids is 1. The molecular weight excluding hydrogens is 306 g/mol. The molecule has 0 fully saturated rings. The number of anilines is 1. The van der Waals surface area contributed by atoms with Gasteiger partial charge in [-0.2, -0.15) is 0 Å². The van der Waals surface area contributed by atoms with Crippen molar-refractivity contribution in [1.82, 2.24) is 10.1 Å². The fourth-order valence-corrected chi connectivity index (χ4v) is 4.23. The predicted octanol–water partition coefficient (Wildman–Crippen LogP) is 3.66. The summed E-state index contributed by atoms with van der Waals surface area (Å²) in [7, 11) is 0. The van der Waals surface area contributed by atoms with Crippen LogP contribution < -0.4 is 5.32 Å². The van der Waals surface area contributed by atoms with Crippen LogP contribution in [0.15, 0.2) is 45.9 Å². The number of rotatable bonds is 2. The number of thiazole rings is 1. The van der Waals surface area contributed by atoms with E-state index in [1.807, 2.05) is 12.1 Å². The van der Waals surface area contributed by atoms with Gasteiger partial charge >= 0.3 is 0 Å². The Labute approximate surface area is 128 Å². The van der Waals surface area contributed by atoms with Crippen LogP contribution in [-0.2, 0) is 5.75 Å². The Morgan fingerprint density at radius 3 is 3.05 bits per heavy atom. The highest BCUT2D eigenvalue weighted by Gasteiger charge is 2.22. The average Bonchev–Trinajstić information content (AvgIpc) is 3.16. The van der Waals surface area contributed by atoms with Gasteiger partial charge in [-0.1, -0.05) is 23.4 Å². The van der Waals surface area contributed by atoms with Gasteiger partial charge in [-0.25, -0.2) is 4.98 Å². The molecule has 1 aliphatic heterocycles. The summed E-state index contributed by atoms with van der Waals surface area (Å²) in [5.41, 5.74) is 2.09. The lowest BCUT2D eigenvalue weighted by molar-refractivity contribution is 0.0988. The molecule has 0 bridgehead atoms. The minimum absolute atomic E-state index is 0.179. The zero-order valence-electron chi connectivity index (χ0n) is 10.7. The van der Waals surface area contributed by atoms with E-state index in [4.69, 9.17) is 4.52 Å². The number of carbonyl (C=O) groups is 1. The van der Waals surface area contributed by atoms with E-state index in [2.05, 4.69) is 27.6 Å². The summed E-state index contributed by atoms with van der Waals surface area (Å²) in [4.78, 5) is 18.9. The number of hydrogen-bond acceptors (Lipinski definition) is 6. The molecule has 1 N–H and O–H groups in total. The molecule has 0 spiro atoms. The van der Waals surface area contributed by atoms with Gasteiger partial charge in [0.2, 0.25) is 5.76 Å². The van der Waals surface area contributed by atoms with Crippen molar-refractivity contribution in [3.63, 3.8) is 0 Å². The number of amides is 1. The lowest BCUT2D eigenvalue weighted by Gasteiger charge is -2.13. The van der Waals surface area contributed by atoms with Gasteiger partial charge in [-0.05, 0) is 6.07 Å². The maximum Gasteiger partial charge on any atom is 0.296 e. The SMILES string of the molecule is O=C(Nc1nc2c(s1)CSc1ccccc1-2)c1ccno1. The van der Waals surface area contributed by atoms with Crippen LogP contribution in [-0.4, -0.2) is 16.0 Å². The summed E-state index contributed by atoms with van der Waals surface area (Å²) < 4.78 is 4.84. The van der Waals surface area contributed by atoms with Crippen molar-refractivity contribution in [2.45, 2.75) is 10.6 Å². The molecule has 1 aliphatic rings. The number of benzene rings is 1. The Balaban J connectivity index is 1.66. The van der Waals surface area contributed by atoms with Crippen molar-refractivity contribution in [2.75, 3.05) is 5.32 Å². The normalized spacial score (nSPS) is 12.6. The Morgan fingerprint density at radius 1 is 1.29 bits per heavy atom. The molecule has 0 atom stereocenters. The first-order valence-electron chi connectivity index (χ1n) is 6.25. The summed E-state index contributed by atoms with van der Waals surface area (Å²) in [5, 5.41) is 6.86. The number of aromatic nitrogens is 2. The third kappa shape index (κ3) is 2.24. The highest BCUT2D eigenvalue weighted by molar-refractivity contribution is 7.98. The first kappa shape index (κ1) is 12.6. The molecule has 3 heterocycles. The van der Waals surface area contributed by atoms with Gasteiger partial charge in [-0.15, -0.1) is 23.1 Å². The van der Waals surface area contributed by atoms with Gasteiger partial charge in [0.15, 0.2) is 5.13 Å². The Kier molecular flexibility index (Phi) is 3.01. The zero-order chi connectivity index (χ0) is 14.2. The molecule has 0 radical (unpaired) electrons. The van der Waals surface area contributed by atoms with Gasteiger partial charge in [0.05, 0.1) is 11.9 Å². The van der Waals surface area contributed by atoms with Crippen LogP contribution in [0.25, 0.3) is 11.3 Å². The molecule has 0 aliphatic carbocycles. The van der Waals surface area contributed by atoms with Gasteiger partial charge in [0.25, 0.3) is 5.91 Å². The van der Waals surface area contributed by atoms with Crippen LogP contribution in [0, 0.1) is 0 Å². The quantitative estimate of drug-likeness (QED) is 0.781. The molecule has 1 aromatic carbocycles. The number of nitrogens with zero attached hydrogens (tertiary/aromatic N) is 2. The standard InChI is InChI=1S/C14H9N3O2S2/c18-13(9-5-6-15-19-9)17-14-16-12-8-3-1-2-4-10(8)20-7-11(12)21-14/h1-6H,7H2,(H,16,17,18). The third-order valence-corrected chi connectivity index (χ3v) is 5.33. The molecule has 2 aromatic heterocycles. The first-order chi connectivity index (χ1) is 10.3. The minimum Gasteiger partial charge on any atom is -0.351 e. The van der Waals surface area contributed by atoms with Crippen molar-refractivity contribution in [3.05, 3.63) is 47.2 Å². The van der Waals surface area contributed by atoms with E-state index < -0.39 is 0 Å². The lowest BCUT2D eigenvalue weighted by Crippen LogP contribution is -2.10. The van der Waals surface area contributed by atoms with Crippen molar-refractivity contribution in [2.24, 2.45) is 0 Å². The lowest BCUT2D eigenvalue weighted by atomic mass is 10.1. The van der Waals surface area contributed by atoms with Gasteiger partial charge in [-0.3, -0.25) is 10.1 Å². The molecule has 5 nitrogen and oxygen atoms in total. The van der Waals surface area contributed by atoms with Crippen LogP contribution in [0.3, 0.4) is 0 Å². The summed E-state index contributed by atoms with van der Waals surface area (Å²) in [6.45, 7) is 0. The second kappa shape index (κ2) is 5.01. The molecule has 104 valence electrons. The number of nitrogens with one attached hydrogen (secondary N) is 1. The van der Waals surface area contributed by atoms with Crippen LogP contribution in [0.4, 0.5) is 5.13 Å². The molecule has 0 unspecified atom stereocenters. The van der Waals surface area contributed by atoms with E-state index in [9.17, 15) is 4.79 Å².